The summed E-state index contributed by atoms with van der Waals surface area (Å²) in [7, 11) is 0. The molecule has 13 heteroatoms. The summed E-state index contributed by atoms with van der Waals surface area (Å²) in [6.07, 6.45) is -4.80. The highest BCUT2D eigenvalue weighted by Gasteiger charge is 2.35. The Labute approximate surface area is 153 Å². The number of rotatable bonds is 3. The molecule has 0 amide bonds. The number of nitriles is 1. The number of nitrogens with zero attached hydrogens (tertiary/aromatic N) is 3. The van der Waals surface area contributed by atoms with Crippen LogP contribution in [-0.4, -0.2) is 15.3 Å². The lowest BCUT2D eigenvalue weighted by Crippen LogP contribution is -2.09. The quantitative estimate of drug-likeness (QED) is 0.540. The minimum Gasteiger partial charge on any atom is -0.383 e. The normalized spacial score (nSPS) is 13.2. The molecule has 0 saturated carbocycles. The topological polar surface area (TPSA) is 67.6 Å². The highest BCUT2D eigenvalue weighted by Crippen LogP contribution is 2.44. The second-order valence-corrected chi connectivity index (χ2v) is 6.25. The van der Waals surface area contributed by atoms with Gasteiger partial charge in [0.05, 0.1) is 20.5 Å². The molecule has 4 nitrogen and oxygen atoms in total. The molecular weight excluding hydrogens is 417 g/mol. The molecule has 134 valence electrons. The van der Waals surface area contributed by atoms with E-state index in [1.807, 2.05) is 0 Å². The van der Waals surface area contributed by atoms with Crippen molar-refractivity contribution in [2.75, 3.05) is 5.72 Å². The van der Waals surface area contributed by atoms with E-state index in [1.165, 1.54) is 6.07 Å². The average Bonchev–Trinajstić information content (AvgIpc) is 2.81. The third-order valence-electron chi connectivity index (χ3n) is 2.70. The molecule has 25 heavy (non-hydrogen) atoms. The lowest BCUT2D eigenvalue weighted by Gasteiger charge is -2.13. The molecule has 2 aromatic rings. The van der Waals surface area contributed by atoms with Crippen molar-refractivity contribution >= 4 is 40.8 Å². The maximum Gasteiger partial charge on any atom is 0.446 e. The van der Waals surface area contributed by atoms with Crippen molar-refractivity contribution < 1.29 is 29.2 Å². The van der Waals surface area contributed by atoms with Crippen LogP contribution in [0, 0.1) is 11.3 Å². The Balaban J connectivity index is 2.79. The number of alkyl halides is 6. The number of anilines is 1. The van der Waals surface area contributed by atoms with Crippen molar-refractivity contribution in [3.63, 3.8) is 0 Å². The molecule has 0 atom stereocenters. The van der Waals surface area contributed by atoms with Crippen molar-refractivity contribution in [1.29, 1.82) is 5.26 Å². The van der Waals surface area contributed by atoms with Crippen molar-refractivity contribution in [2.24, 2.45) is 0 Å². The molecule has 0 bridgehead atoms. The molecular formula is C12H4Cl2F6N4S. The molecule has 0 fully saturated rings. The SMILES string of the molecule is [2H]N([2H])c1c(SC(F)(F)F)c(C#N)nn1-c1c(Cl)cc(C(F)(F)F)cc1Cl. The maximum atomic E-state index is 12.8. The van der Waals surface area contributed by atoms with Crippen LogP contribution in [0.4, 0.5) is 32.2 Å². The van der Waals surface area contributed by atoms with E-state index in [1.54, 1.807) is 0 Å². The van der Waals surface area contributed by atoms with E-state index in [-0.39, 0.29) is 5.72 Å². The zero-order valence-electron chi connectivity index (χ0n) is 13.4. The first-order valence-corrected chi connectivity index (χ1v) is 7.47. The van der Waals surface area contributed by atoms with E-state index in [9.17, 15) is 26.3 Å². The molecule has 0 unspecified atom stereocenters. The first-order valence-electron chi connectivity index (χ1n) is 6.79. The molecule has 0 aliphatic heterocycles. The van der Waals surface area contributed by atoms with Crippen molar-refractivity contribution in [2.45, 2.75) is 16.6 Å². The van der Waals surface area contributed by atoms with Crippen LogP contribution in [0.25, 0.3) is 5.69 Å². The predicted molar refractivity (Wildman–Crippen MR) is 79.6 cm³/mol. The monoisotopic (exact) mass is 422 g/mol. The number of thioether (sulfide) groups is 1. The first-order chi connectivity index (χ1) is 12.3. The van der Waals surface area contributed by atoms with Gasteiger partial charge in [0.2, 0.25) is 0 Å². The zero-order chi connectivity index (χ0) is 20.7. The number of nitrogens with two attached hydrogens (primary N) is 1. The van der Waals surface area contributed by atoms with E-state index >= 15 is 0 Å². The van der Waals surface area contributed by atoms with Gasteiger partial charge >= 0.3 is 11.7 Å². The van der Waals surface area contributed by atoms with Gasteiger partial charge in [0.25, 0.3) is 0 Å². The predicted octanol–water partition coefficient (Wildman–Crippen LogP) is 5.26. The van der Waals surface area contributed by atoms with Crippen LogP contribution in [0.3, 0.4) is 0 Å². The summed E-state index contributed by atoms with van der Waals surface area (Å²) in [4.78, 5) is -0.901. The van der Waals surface area contributed by atoms with Gasteiger partial charge in [-0.25, -0.2) is 4.68 Å². The number of hydrogen-bond donors (Lipinski definition) is 1. The fraction of sp³-hybridized carbons (Fsp3) is 0.167. The summed E-state index contributed by atoms with van der Waals surface area (Å²) in [5, 5.41) is 11.2. The summed E-state index contributed by atoms with van der Waals surface area (Å²) in [6.45, 7) is 0. The maximum absolute atomic E-state index is 12.8. The van der Waals surface area contributed by atoms with Crippen LogP contribution >= 0.6 is 35.0 Å². The van der Waals surface area contributed by atoms with Crippen LogP contribution in [0.1, 0.15) is 11.3 Å². The third-order valence-corrected chi connectivity index (χ3v) is 4.09. The Kier molecular flexibility index (Phi) is 4.35. The number of halogens is 8. The molecule has 0 radical (unpaired) electrons. The third kappa shape index (κ3) is 4.08. The van der Waals surface area contributed by atoms with Crippen molar-refractivity contribution in [3.8, 4) is 11.8 Å². The van der Waals surface area contributed by atoms with Crippen LogP contribution in [0.15, 0.2) is 17.0 Å². The minimum absolute atomic E-state index is 0.285. The fourth-order valence-electron chi connectivity index (χ4n) is 1.77. The van der Waals surface area contributed by atoms with Gasteiger partial charge in [-0.2, -0.15) is 36.7 Å². The Morgan fingerprint density at radius 2 is 1.76 bits per heavy atom. The summed E-state index contributed by atoms with van der Waals surface area (Å²) in [6, 6.07) is 2.27. The van der Waals surface area contributed by atoms with Crippen LogP contribution in [0.5, 0.6) is 0 Å². The summed E-state index contributed by atoms with van der Waals surface area (Å²) >= 11 is 10.8. The minimum atomic E-state index is -4.89. The zero-order valence-corrected chi connectivity index (χ0v) is 13.7. The molecule has 2 rings (SSSR count). The molecule has 2 N–H and O–H groups in total. The number of benzene rings is 1. The Morgan fingerprint density at radius 1 is 1.20 bits per heavy atom. The highest BCUT2D eigenvalue weighted by atomic mass is 35.5. The van der Waals surface area contributed by atoms with E-state index in [2.05, 4.69) is 5.10 Å². The van der Waals surface area contributed by atoms with Crippen LogP contribution in [0.2, 0.25) is 12.9 Å². The van der Waals surface area contributed by atoms with Gasteiger partial charge < -0.3 is 5.72 Å². The molecule has 1 aromatic carbocycles. The molecule has 0 aliphatic rings. The lowest BCUT2D eigenvalue weighted by atomic mass is 10.2. The van der Waals surface area contributed by atoms with Gasteiger partial charge in [0.1, 0.15) is 17.6 Å². The summed E-state index contributed by atoms with van der Waals surface area (Å²) in [5.41, 5.74) is -7.74. The van der Waals surface area contributed by atoms with Gasteiger partial charge in [-0.05, 0) is 23.9 Å². The molecule has 1 heterocycles. The van der Waals surface area contributed by atoms with Gasteiger partial charge in [-0.3, -0.25) is 0 Å². The Bertz CT molecular complexity index is 899. The van der Waals surface area contributed by atoms with Crippen molar-refractivity contribution in [3.05, 3.63) is 33.4 Å². The first kappa shape index (κ1) is 16.7. The fourth-order valence-corrected chi connectivity index (χ4v) is 3.00. The van der Waals surface area contributed by atoms with E-state index in [0.717, 1.165) is 0 Å². The Hall–Kier alpha value is -1.77. The molecule has 0 saturated heterocycles. The summed E-state index contributed by atoms with van der Waals surface area (Å²) < 4.78 is 91.8. The smallest absolute Gasteiger partial charge is 0.383 e. The van der Waals surface area contributed by atoms with E-state index < -0.39 is 61.1 Å². The average molecular weight is 423 g/mol. The summed E-state index contributed by atoms with van der Waals surface area (Å²) in [5.74, 6) is -0.877. The Morgan fingerprint density at radius 3 is 2.16 bits per heavy atom. The largest absolute Gasteiger partial charge is 0.446 e. The highest BCUT2D eigenvalue weighted by molar-refractivity contribution is 8.00. The van der Waals surface area contributed by atoms with Crippen molar-refractivity contribution in [1.82, 2.24) is 9.78 Å². The molecule has 0 spiro atoms. The van der Waals surface area contributed by atoms with Crippen LogP contribution in [-0.2, 0) is 6.18 Å². The lowest BCUT2D eigenvalue weighted by molar-refractivity contribution is -0.137. The standard InChI is InChI=1S/C12H4Cl2F6N4S/c13-5-1-4(11(15,16)17)2-6(14)8(5)24-10(22)9(7(3-21)23-24)25-12(18,19)20/h1-2H,22H2/i/hD2. The van der Waals surface area contributed by atoms with Gasteiger partial charge in [-0.1, -0.05) is 23.2 Å². The second kappa shape index (κ2) is 6.51. The number of aromatic nitrogens is 2. The van der Waals surface area contributed by atoms with Gasteiger partial charge in [0, 0.05) is 0 Å². The molecule has 0 aliphatic carbocycles. The van der Waals surface area contributed by atoms with E-state index in [0.29, 0.717) is 16.8 Å². The van der Waals surface area contributed by atoms with Crippen LogP contribution < -0.4 is 5.72 Å². The molecule has 1 aromatic heterocycles. The second-order valence-electron chi connectivity index (χ2n) is 4.36. The van der Waals surface area contributed by atoms with Gasteiger partial charge in [-0.15, -0.1) is 0 Å². The van der Waals surface area contributed by atoms with Gasteiger partial charge in [0.15, 0.2) is 8.52 Å². The van der Waals surface area contributed by atoms with E-state index in [4.69, 9.17) is 31.3 Å². The number of hydrogen-bond acceptors (Lipinski definition) is 4. The number of nitrogen functional groups attached to an aromatic ring is 1.